The van der Waals surface area contributed by atoms with Gasteiger partial charge in [-0.25, -0.2) is 4.79 Å². The molecular weight excluding hydrogens is 240 g/mol. The quantitative estimate of drug-likeness (QED) is 0.593. The van der Waals surface area contributed by atoms with E-state index in [0.717, 1.165) is 4.88 Å². The molecule has 1 rings (SSSR count). The van der Waals surface area contributed by atoms with Crippen molar-refractivity contribution in [2.75, 3.05) is 7.11 Å². The molecule has 0 aliphatic heterocycles. The lowest BCUT2D eigenvalue weighted by molar-refractivity contribution is -0.135. The fraction of sp³-hybridized carbons (Fsp3) is 0.125. The monoisotopic (exact) mass is 246 g/mol. The van der Waals surface area contributed by atoms with Crippen LogP contribution in [0.2, 0.25) is 0 Å². The van der Waals surface area contributed by atoms with Crippen LogP contribution in [0.5, 0.6) is 0 Å². The standard InChI is InChI=1S/C8H7BrO2S/c1-11-8(10)7(9)5-6-3-2-4-12-6/h2-5H,1H3/b7-5-. The number of carbonyl (C=O) groups excluding carboxylic acids is 1. The molecule has 1 heterocycles. The Morgan fingerprint density at radius 1 is 1.75 bits per heavy atom. The van der Waals surface area contributed by atoms with E-state index >= 15 is 0 Å². The van der Waals surface area contributed by atoms with E-state index in [-0.39, 0.29) is 5.97 Å². The third kappa shape index (κ3) is 2.46. The summed E-state index contributed by atoms with van der Waals surface area (Å²) in [7, 11) is 1.35. The van der Waals surface area contributed by atoms with Crippen molar-refractivity contribution >= 4 is 39.3 Å². The van der Waals surface area contributed by atoms with Crippen LogP contribution in [0.3, 0.4) is 0 Å². The molecule has 2 nitrogen and oxygen atoms in total. The minimum atomic E-state index is -0.358. The molecule has 0 radical (unpaired) electrons. The number of ether oxygens (including phenoxy) is 1. The second-order valence-corrected chi connectivity index (χ2v) is 3.83. The van der Waals surface area contributed by atoms with Gasteiger partial charge in [-0.2, -0.15) is 0 Å². The molecule has 0 saturated heterocycles. The molecule has 0 aromatic carbocycles. The van der Waals surface area contributed by atoms with Gasteiger partial charge in [0.25, 0.3) is 0 Å². The van der Waals surface area contributed by atoms with E-state index in [0.29, 0.717) is 4.48 Å². The van der Waals surface area contributed by atoms with E-state index in [2.05, 4.69) is 20.7 Å². The highest BCUT2D eigenvalue weighted by Gasteiger charge is 2.04. The number of halogens is 1. The highest BCUT2D eigenvalue weighted by molar-refractivity contribution is 9.12. The average molecular weight is 247 g/mol. The largest absolute Gasteiger partial charge is 0.465 e. The van der Waals surface area contributed by atoms with Crippen LogP contribution in [0.15, 0.2) is 22.0 Å². The van der Waals surface area contributed by atoms with Crippen LogP contribution in [0.1, 0.15) is 4.88 Å². The predicted octanol–water partition coefficient (Wildman–Crippen LogP) is 2.66. The molecule has 64 valence electrons. The molecule has 0 bridgehead atoms. The first-order chi connectivity index (χ1) is 5.74. The van der Waals surface area contributed by atoms with Gasteiger partial charge in [-0.05, 0) is 33.5 Å². The van der Waals surface area contributed by atoms with Crippen molar-refractivity contribution < 1.29 is 9.53 Å². The number of hydrogen-bond donors (Lipinski definition) is 0. The summed E-state index contributed by atoms with van der Waals surface area (Å²) in [6, 6.07) is 3.85. The van der Waals surface area contributed by atoms with Gasteiger partial charge in [-0.15, -0.1) is 11.3 Å². The molecule has 0 atom stereocenters. The summed E-state index contributed by atoms with van der Waals surface area (Å²) in [5.74, 6) is -0.358. The third-order valence-electron chi connectivity index (χ3n) is 1.19. The lowest BCUT2D eigenvalue weighted by atomic mass is 10.4. The molecule has 0 saturated carbocycles. The zero-order valence-electron chi connectivity index (χ0n) is 6.41. The third-order valence-corrected chi connectivity index (χ3v) is 2.56. The van der Waals surface area contributed by atoms with E-state index in [1.54, 1.807) is 17.4 Å². The van der Waals surface area contributed by atoms with Gasteiger partial charge in [-0.1, -0.05) is 6.07 Å². The summed E-state index contributed by atoms with van der Waals surface area (Å²) < 4.78 is 4.95. The van der Waals surface area contributed by atoms with Crippen molar-refractivity contribution in [2.45, 2.75) is 0 Å². The fourth-order valence-electron chi connectivity index (χ4n) is 0.655. The van der Waals surface area contributed by atoms with Gasteiger partial charge in [0.1, 0.15) is 4.48 Å². The molecule has 0 unspecified atom stereocenters. The lowest BCUT2D eigenvalue weighted by Gasteiger charge is -1.94. The normalized spacial score (nSPS) is 11.3. The smallest absolute Gasteiger partial charge is 0.345 e. The van der Waals surface area contributed by atoms with Crippen molar-refractivity contribution in [1.82, 2.24) is 0 Å². The van der Waals surface area contributed by atoms with Crippen LogP contribution in [0.4, 0.5) is 0 Å². The average Bonchev–Trinajstić information content (AvgIpc) is 2.55. The molecule has 1 aromatic rings. The SMILES string of the molecule is COC(=O)/C(Br)=C/c1cccs1. The van der Waals surface area contributed by atoms with Crippen molar-refractivity contribution in [3.05, 3.63) is 26.9 Å². The Labute approximate surface area is 83.0 Å². The second-order valence-electron chi connectivity index (χ2n) is 2.00. The number of rotatable bonds is 2. The van der Waals surface area contributed by atoms with Gasteiger partial charge < -0.3 is 4.74 Å². The molecule has 0 N–H and O–H groups in total. The molecule has 0 aliphatic carbocycles. The van der Waals surface area contributed by atoms with E-state index < -0.39 is 0 Å². The van der Waals surface area contributed by atoms with Gasteiger partial charge in [0, 0.05) is 4.88 Å². The highest BCUT2D eigenvalue weighted by Crippen LogP contribution is 2.17. The number of methoxy groups -OCH3 is 1. The zero-order chi connectivity index (χ0) is 8.97. The van der Waals surface area contributed by atoms with Gasteiger partial charge in [0.05, 0.1) is 7.11 Å². The number of thiophene rings is 1. The Morgan fingerprint density at radius 2 is 2.50 bits per heavy atom. The Bertz CT molecular complexity index is 290. The maximum atomic E-state index is 10.9. The number of carbonyl (C=O) groups is 1. The fourth-order valence-corrected chi connectivity index (χ4v) is 1.87. The molecular formula is C8H7BrO2S. The highest BCUT2D eigenvalue weighted by atomic mass is 79.9. The van der Waals surface area contributed by atoms with E-state index in [1.807, 2.05) is 17.5 Å². The van der Waals surface area contributed by atoms with Crippen LogP contribution < -0.4 is 0 Å². The maximum absolute atomic E-state index is 10.9. The summed E-state index contributed by atoms with van der Waals surface area (Å²) in [5, 5.41) is 1.95. The first-order valence-corrected chi connectivity index (χ1v) is 4.90. The summed E-state index contributed by atoms with van der Waals surface area (Å²) in [5.41, 5.74) is 0. The first-order valence-electron chi connectivity index (χ1n) is 3.23. The van der Waals surface area contributed by atoms with Crippen LogP contribution in [0.25, 0.3) is 6.08 Å². The minimum Gasteiger partial charge on any atom is -0.465 e. The van der Waals surface area contributed by atoms with Crippen LogP contribution >= 0.6 is 27.3 Å². The topological polar surface area (TPSA) is 26.3 Å². The van der Waals surface area contributed by atoms with Crippen molar-refractivity contribution in [1.29, 1.82) is 0 Å². The van der Waals surface area contributed by atoms with Gasteiger partial charge in [-0.3, -0.25) is 0 Å². The summed E-state index contributed by atoms with van der Waals surface area (Å²) in [6.07, 6.45) is 1.73. The Kier molecular flexibility index (Phi) is 3.49. The Balaban J connectivity index is 2.76. The summed E-state index contributed by atoms with van der Waals surface area (Å²) in [4.78, 5) is 11.9. The Hall–Kier alpha value is -0.610. The molecule has 4 heteroatoms. The van der Waals surface area contributed by atoms with Crippen molar-refractivity contribution in [2.24, 2.45) is 0 Å². The minimum absolute atomic E-state index is 0.358. The van der Waals surface area contributed by atoms with Crippen LogP contribution in [0, 0.1) is 0 Å². The molecule has 0 amide bonds. The van der Waals surface area contributed by atoms with Crippen molar-refractivity contribution in [3.8, 4) is 0 Å². The second kappa shape index (κ2) is 4.42. The maximum Gasteiger partial charge on any atom is 0.345 e. The molecule has 0 fully saturated rings. The van der Waals surface area contributed by atoms with E-state index in [9.17, 15) is 4.79 Å². The zero-order valence-corrected chi connectivity index (χ0v) is 8.81. The lowest BCUT2D eigenvalue weighted by Crippen LogP contribution is -1.98. The van der Waals surface area contributed by atoms with Gasteiger partial charge in [0.2, 0.25) is 0 Å². The predicted molar refractivity (Wildman–Crippen MR) is 53.2 cm³/mol. The van der Waals surface area contributed by atoms with Crippen molar-refractivity contribution in [3.63, 3.8) is 0 Å². The van der Waals surface area contributed by atoms with E-state index in [4.69, 9.17) is 0 Å². The summed E-state index contributed by atoms with van der Waals surface area (Å²) >= 11 is 4.68. The first kappa shape index (κ1) is 9.48. The number of hydrogen-bond acceptors (Lipinski definition) is 3. The Morgan fingerprint density at radius 3 is 3.00 bits per heavy atom. The molecule has 1 aromatic heterocycles. The number of esters is 1. The van der Waals surface area contributed by atoms with Crippen LogP contribution in [-0.2, 0) is 9.53 Å². The van der Waals surface area contributed by atoms with Gasteiger partial charge >= 0.3 is 5.97 Å². The summed E-state index contributed by atoms with van der Waals surface area (Å²) in [6.45, 7) is 0. The molecule has 0 spiro atoms. The van der Waals surface area contributed by atoms with E-state index in [1.165, 1.54) is 7.11 Å². The van der Waals surface area contributed by atoms with Crippen LogP contribution in [-0.4, -0.2) is 13.1 Å². The molecule has 0 aliphatic rings. The van der Waals surface area contributed by atoms with Gasteiger partial charge in [0.15, 0.2) is 0 Å². The molecule has 12 heavy (non-hydrogen) atoms.